The van der Waals surface area contributed by atoms with Crippen LogP contribution in [0.3, 0.4) is 0 Å². The molecule has 0 N–H and O–H groups in total. The molecule has 0 aliphatic heterocycles. The molecule has 6 heteroatoms. The molecule has 0 heterocycles. The van der Waals surface area contributed by atoms with E-state index < -0.39 is 7.82 Å². The standard InChI is InChI=1S/C22H23O4P.Na/c1-17-14-18(2)16-22(15-17)26-27(23,24)25-21-12-10-20(11-13-21)9-8-19-6-4-3-5-7-19;/h3-7,10-16H,8-9H2,1-2H3,(H,23,24);/q;+1/p-1. The van der Waals surface area contributed by atoms with Gasteiger partial charge in [-0.2, -0.15) is 0 Å². The van der Waals surface area contributed by atoms with Crippen LogP contribution in [0.1, 0.15) is 22.3 Å². The van der Waals surface area contributed by atoms with Crippen molar-refractivity contribution in [3.63, 3.8) is 0 Å². The number of phosphoric ester groups is 1. The van der Waals surface area contributed by atoms with Crippen LogP contribution in [0.25, 0.3) is 0 Å². The summed E-state index contributed by atoms with van der Waals surface area (Å²) in [6, 6.07) is 22.5. The van der Waals surface area contributed by atoms with Crippen LogP contribution >= 0.6 is 7.82 Å². The molecule has 0 saturated heterocycles. The fraction of sp³-hybridized carbons (Fsp3) is 0.182. The number of hydrogen-bond donors (Lipinski definition) is 0. The molecule has 0 radical (unpaired) electrons. The van der Waals surface area contributed by atoms with E-state index in [1.165, 1.54) is 5.56 Å². The molecule has 0 aliphatic rings. The minimum absolute atomic E-state index is 0. The fourth-order valence-corrected chi connectivity index (χ4v) is 3.69. The van der Waals surface area contributed by atoms with E-state index in [1.54, 1.807) is 24.3 Å². The third-order valence-electron chi connectivity index (χ3n) is 4.10. The summed E-state index contributed by atoms with van der Waals surface area (Å²) >= 11 is 0. The second-order valence-electron chi connectivity index (χ2n) is 6.58. The maximum Gasteiger partial charge on any atom is 1.00 e. The Morgan fingerprint density at radius 1 is 0.750 bits per heavy atom. The molecule has 140 valence electrons. The van der Waals surface area contributed by atoms with E-state index in [1.807, 2.05) is 50.2 Å². The number of hydrogen-bond acceptors (Lipinski definition) is 4. The Morgan fingerprint density at radius 2 is 1.25 bits per heavy atom. The average Bonchev–Trinajstić information content (AvgIpc) is 2.60. The van der Waals surface area contributed by atoms with Crippen molar-refractivity contribution in [2.75, 3.05) is 0 Å². The monoisotopic (exact) mass is 404 g/mol. The molecule has 4 nitrogen and oxygen atoms in total. The first-order valence-electron chi connectivity index (χ1n) is 8.81. The molecule has 0 fully saturated rings. The van der Waals surface area contributed by atoms with E-state index in [-0.39, 0.29) is 41.1 Å². The Labute approximate surface area is 188 Å². The molecule has 28 heavy (non-hydrogen) atoms. The number of aryl methyl sites for hydroxylation is 4. The van der Waals surface area contributed by atoms with Crippen molar-refractivity contribution in [1.82, 2.24) is 0 Å². The van der Waals surface area contributed by atoms with Crippen molar-refractivity contribution in [1.29, 1.82) is 0 Å². The van der Waals surface area contributed by atoms with Gasteiger partial charge < -0.3 is 13.9 Å². The molecule has 3 aromatic carbocycles. The van der Waals surface area contributed by atoms with Crippen molar-refractivity contribution < 1.29 is 48.1 Å². The molecule has 0 aromatic heterocycles. The van der Waals surface area contributed by atoms with Gasteiger partial charge in [0, 0.05) is 0 Å². The smallest absolute Gasteiger partial charge is 0.736 e. The largest absolute Gasteiger partial charge is 1.00 e. The van der Waals surface area contributed by atoms with Crippen LogP contribution in [0.2, 0.25) is 0 Å². The topological polar surface area (TPSA) is 58.6 Å². The van der Waals surface area contributed by atoms with Gasteiger partial charge in [0.2, 0.25) is 0 Å². The summed E-state index contributed by atoms with van der Waals surface area (Å²) in [6.07, 6.45) is 1.80. The summed E-state index contributed by atoms with van der Waals surface area (Å²) in [4.78, 5) is 12.2. The van der Waals surface area contributed by atoms with Gasteiger partial charge in [0.05, 0.1) is 0 Å². The van der Waals surface area contributed by atoms with Crippen LogP contribution in [-0.2, 0) is 17.4 Å². The first-order valence-corrected chi connectivity index (χ1v) is 10.3. The van der Waals surface area contributed by atoms with Gasteiger partial charge in [0.25, 0.3) is 0 Å². The Hall–Kier alpha value is -1.55. The summed E-state index contributed by atoms with van der Waals surface area (Å²) in [5.41, 5.74) is 4.23. The molecule has 0 spiro atoms. The van der Waals surface area contributed by atoms with E-state index in [0.717, 1.165) is 29.5 Å². The van der Waals surface area contributed by atoms with Crippen LogP contribution in [0, 0.1) is 13.8 Å². The van der Waals surface area contributed by atoms with Crippen molar-refractivity contribution in [2.45, 2.75) is 26.7 Å². The molecule has 3 rings (SSSR count). The zero-order valence-corrected chi connectivity index (χ0v) is 19.3. The van der Waals surface area contributed by atoms with Crippen LogP contribution in [-0.4, -0.2) is 0 Å². The SMILES string of the molecule is Cc1cc(C)cc(OP(=O)([O-])Oc2ccc(CCc3ccccc3)cc2)c1.[Na+]. The summed E-state index contributed by atoms with van der Waals surface area (Å²) in [7, 11) is -4.50. The minimum Gasteiger partial charge on any atom is -0.736 e. The summed E-state index contributed by atoms with van der Waals surface area (Å²) < 4.78 is 22.3. The Bertz CT molecular complexity index is 922. The van der Waals surface area contributed by atoms with Gasteiger partial charge in [-0.05, 0) is 73.2 Å². The van der Waals surface area contributed by atoms with Gasteiger partial charge in [-0.1, -0.05) is 48.5 Å². The first-order chi connectivity index (χ1) is 12.9. The molecule has 0 bridgehead atoms. The Kier molecular flexibility index (Phi) is 8.36. The summed E-state index contributed by atoms with van der Waals surface area (Å²) in [5, 5.41) is 0. The second-order valence-corrected chi connectivity index (χ2v) is 7.84. The molecule has 0 aliphatic carbocycles. The predicted octanol–water partition coefficient (Wildman–Crippen LogP) is 2.02. The normalized spacial score (nSPS) is 12.5. The van der Waals surface area contributed by atoms with Crippen molar-refractivity contribution in [2.24, 2.45) is 0 Å². The van der Waals surface area contributed by atoms with Gasteiger partial charge in [-0.3, -0.25) is 0 Å². The molecule has 0 amide bonds. The van der Waals surface area contributed by atoms with Gasteiger partial charge >= 0.3 is 37.4 Å². The Morgan fingerprint density at radius 3 is 1.82 bits per heavy atom. The van der Waals surface area contributed by atoms with Gasteiger partial charge in [0.1, 0.15) is 11.5 Å². The summed E-state index contributed by atoms with van der Waals surface area (Å²) in [5.74, 6) is 0.492. The van der Waals surface area contributed by atoms with E-state index in [2.05, 4.69) is 12.1 Å². The maximum atomic E-state index is 12.2. The fourth-order valence-electron chi connectivity index (χ4n) is 2.91. The quantitative estimate of drug-likeness (QED) is 0.447. The van der Waals surface area contributed by atoms with Crippen molar-refractivity contribution in [3.8, 4) is 11.5 Å². The van der Waals surface area contributed by atoms with Gasteiger partial charge in [-0.25, -0.2) is 4.57 Å². The van der Waals surface area contributed by atoms with Crippen LogP contribution < -0.4 is 43.5 Å². The van der Waals surface area contributed by atoms with E-state index in [9.17, 15) is 9.46 Å². The van der Waals surface area contributed by atoms with E-state index in [4.69, 9.17) is 9.05 Å². The van der Waals surface area contributed by atoms with Gasteiger partial charge in [-0.15, -0.1) is 0 Å². The zero-order valence-electron chi connectivity index (χ0n) is 16.4. The first kappa shape index (κ1) is 22.7. The van der Waals surface area contributed by atoms with Crippen LogP contribution in [0.15, 0.2) is 72.8 Å². The number of phosphoric acid groups is 1. The third-order valence-corrected chi connectivity index (χ3v) is 4.97. The maximum absolute atomic E-state index is 12.2. The molecular formula is C22H22NaO4P. The number of rotatable bonds is 7. The summed E-state index contributed by atoms with van der Waals surface area (Å²) in [6.45, 7) is 3.76. The van der Waals surface area contributed by atoms with E-state index >= 15 is 0 Å². The zero-order chi connectivity index (χ0) is 19.3. The molecular weight excluding hydrogens is 382 g/mol. The third kappa shape index (κ3) is 7.12. The van der Waals surface area contributed by atoms with E-state index in [0.29, 0.717) is 0 Å². The molecule has 1 unspecified atom stereocenters. The second kappa shape index (κ2) is 10.3. The molecule has 0 saturated carbocycles. The minimum atomic E-state index is -4.50. The van der Waals surface area contributed by atoms with Gasteiger partial charge in [0.15, 0.2) is 0 Å². The van der Waals surface area contributed by atoms with Crippen LogP contribution in [0.5, 0.6) is 11.5 Å². The molecule has 3 aromatic rings. The number of benzene rings is 3. The molecule has 1 atom stereocenters. The predicted molar refractivity (Wildman–Crippen MR) is 105 cm³/mol. The van der Waals surface area contributed by atoms with Crippen molar-refractivity contribution >= 4 is 7.82 Å². The average molecular weight is 404 g/mol. The van der Waals surface area contributed by atoms with Crippen molar-refractivity contribution in [3.05, 3.63) is 95.1 Å². The van der Waals surface area contributed by atoms with Crippen LogP contribution in [0.4, 0.5) is 0 Å². The Balaban J connectivity index is 0.00000280.